The summed E-state index contributed by atoms with van der Waals surface area (Å²) in [4.78, 5) is 22.1. The first kappa shape index (κ1) is 15.5. The van der Waals surface area contributed by atoms with Crippen LogP contribution in [0.15, 0.2) is 18.2 Å². The van der Waals surface area contributed by atoms with Gasteiger partial charge in [-0.3, -0.25) is 9.59 Å². The van der Waals surface area contributed by atoms with Gasteiger partial charge in [-0.15, -0.1) is 0 Å². The van der Waals surface area contributed by atoms with E-state index in [0.717, 1.165) is 3.57 Å². The number of halogens is 1. The summed E-state index contributed by atoms with van der Waals surface area (Å²) in [6, 6.07) is 5.02. The molecule has 0 heterocycles. The topological polar surface area (TPSA) is 63.6 Å². The van der Waals surface area contributed by atoms with E-state index < -0.39 is 6.61 Å². The molecule has 98 valence electrons. The fourth-order valence-electron chi connectivity index (χ4n) is 1.22. The van der Waals surface area contributed by atoms with Gasteiger partial charge >= 0.3 is 0 Å². The molecule has 0 unspecified atom stereocenters. The Labute approximate surface area is 123 Å². The van der Waals surface area contributed by atoms with E-state index in [1.165, 1.54) is 18.7 Å². The molecule has 0 aliphatic heterocycles. The summed E-state index contributed by atoms with van der Waals surface area (Å²) in [6.07, 6.45) is 0. The average Bonchev–Trinajstić information content (AvgIpc) is 2.35. The van der Waals surface area contributed by atoms with Gasteiger partial charge in [-0.25, -0.2) is 0 Å². The predicted molar refractivity (Wildman–Crippen MR) is 79.2 cm³/mol. The molecule has 0 amide bonds. The first-order valence-electron chi connectivity index (χ1n) is 5.24. The van der Waals surface area contributed by atoms with Crippen LogP contribution in [0.25, 0.3) is 0 Å². The minimum absolute atomic E-state index is 0.0532. The van der Waals surface area contributed by atoms with E-state index in [-0.39, 0.29) is 10.9 Å². The fraction of sp³-hybridized carbons (Fsp3) is 0.333. The van der Waals surface area contributed by atoms with Crippen LogP contribution in [0.2, 0.25) is 0 Å². The Bertz CT molecular complexity index is 448. The minimum atomic E-state index is -0.514. The highest BCUT2D eigenvalue weighted by molar-refractivity contribution is 14.1. The molecular formula is C12H13IO4S. The number of thioether (sulfide) groups is 1. The van der Waals surface area contributed by atoms with Crippen LogP contribution in [0.1, 0.15) is 17.3 Å². The molecular weight excluding hydrogens is 367 g/mol. The third-order valence-electron chi connectivity index (χ3n) is 2.04. The molecule has 0 aliphatic rings. The zero-order valence-electron chi connectivity index (χ0n) is 9.81. The second-order valence-corrected chi connectivity index (χ2v) is 5.85. The molecule has 0 aliphatic carbocycles. The number of rotatable bonds is 6. The summed E-state index contributed by atoms with van der Waals surface area (Å²) >= 11 is 3.30. The molecule has 0 aromatic heterocycles. The van der Waals surface area contributed by atoms with Crippen LogP contribution in [-0.2, 0) is 4.79 Å². The van der Waals surface area contributed by atoms with E-state index in [0.29, 0.717) is 23.7 Å². The highest BCUT2D eigenvalue weighted by Crippen LogP contribution is 2.23. The molecule has 0 spiro atoms. The second kappa shape index (κ2) is 7.75. The Kier molecular flexibility index (Phi) is 6.66. The molecule has 1 aromatic rings. The third-order valence-corrected chi connectivity index (χ3v) is 3.71. The average molecular weight is 380 g/mol. The first-order chi connectivity index (χ1) is 8.54. The van der Waals surface area contributed by atoms with Crippen LogP contribution in [0, 0.1) is 3.57 Å². The molecule has 0 saturated heterocycles. The van der Waals surface area contributed by atoms with Crippen molar-refractivity contribution in [1.82, 2.24) is 0 Å². The quantitative estimate of drug-likeness (QED) is 0.466. The lowest BCUT2D eigenvalue weighted by molar-refractivity contribution is -0.109. The predicted octanol–water partition coefficient (Wildman–Crippen LogP) is 2.12. The van der Waals surface area contributed by atoms with Crippen molar-refractivity contribution in [2.24, 2.45) is 0 Å². The Morgan fingerprint density at radius 1 is 1.44 bits per heavy atom. The minimum Gasteiger partial charge on any atom is -0.492 e. The monoisotopic (exact) mass is 380 g/mol. The van der Waals surface area contributed by atoms with E-state index in [1.54, 1.807) is 18.2 Å². The zero-order chi connectivity index (χ0) is 13.5. The normalized spacial score (nSPS) is 10.2. The summed E-state index contributed by atoms with van der Waals surface area (Å²) in [7, 11) is 0. The van der Waals surface area contributed by atoms with Gasteiger partial charge in [0.2, 0.25) is 0 Å². The number of ether oxygens (including phenoxy) is 1. The third kappa shape index (κ3) is 4.95. The van der Waals surface area contributed by atoms with Crippen molar-refractivity contribution in [3.63, 3.8) is 0 Å². The fourth-order valence-corrected chi connectivity index (χ4v) is 2.16. The van der Waals surface area contributed by atoms with E-state index in [2.05, 4.69) is 22.6 Å². The highest BCUT2D eigenvalue weighted by Gasteiger charge is 2.08. The number of hydrogen-bond acceptors (Lipinski definition) is 5. The largest absolute Gasteiger partial charge is 0.492 e. The molecule has 0 saturated carbocycles. The van der Waals surface area contributed by atoms with Crippen LogP contribution in [0.5, 0.6) is 5.75 Å². The van der Waals surface area contributed by atoms with Crippen molar-refractivity contribution < 1.29 is 19.4 Å². The van der Waals surface area contributed by atoms with E-state index in [4.69, 9.17) is 9.84 Å². The van der Waals surface area contributed by atoms with Gasteiger partial charge < -0.3 is 9.84 Å². The standard InChI is InChI=1S/C12H13IO4S/c1-8(15)18-5-4-17-12-6-9(11(16)7-14)2-3-10(12)13/h2-3,6,14H,4-5,7H2,1H3. The summed E-state index contributed by atoms with van der Waals surface area (Å²) in [5.41, 5.74) is 0.423. The molecule has 1 rings (SSSR count). The summed E-state index contributed by atoms with van der Waals surface area (Å²) in [6.45, 7) is 1.40. The van der Waals surface area contributed by atoms with Gasteiger partial charge in [0.1, 0.15) is 12.4 Å². The summed E-state index contributed by atoms with van der Waals surface area (Å²) < 4.78 is 6.39. The van der Waals surface area contributed by atoms with E-state index >= 15 is 0 Å². The SMILES string of the molecule is CC(=O)SCCOc1cc(C(=O)CO)ccc1I. The molecule has 0 bridgehead atoms. The van der Waals surface area contributed by atoms with Crippen LogP contribution in [0.4, 0.5) is 0 Å². The number of aliphatic hydroxyl groups excluding tert-OH is 1. The van der Waals surface area contributed by atoms with Crippen molar-refractivity contribution in [3.8, 4) is 5.75 Å². The van der Waals surface area contributed by atoms with Crippen molar-refractivity contribution in [2.75, 3.05) is 19.0 Å². The molecule has 1 aromatic carbocycles. The smallest absolute Gasteiger partial charge is 0.188 e. The lowest BCUT2D eigenvalue weighted by Gasteiger charge is -2.09. The Morgan fingerprint density at radius 3 is 2.78 bits per heavy atom. The summed E-state index contributed by atoms with van der Waals surface area (Å²) in [5.74, 6) is 0.831. The van der Waals surface area contributed by atoms with Gasteiger partial charge in [0.25, 0.3) is 0 Å². The molecule has 6 heteroatoms. The molecule has 0 fully saturated rings. The number of ketones is 1. The number of Topliss-reactive ketones (excluding diaryl/α,β-unsaturated/α-hetero) is 1. The maximum atomic E-state index is 11.3. The Hall–Kier alpha value is -0.600. The van der Waals surface area contributed by atoms with Crippen molar-refractivity contribution in [3.05, 3.63) is 27.3 Å². The maximum absolute atomic E-state index is 11.3. The van der Waals surface area contributed by atoms with Gasteiger partial charge in [0.05, 0.1) is 10.2 Å². The Morgan fingerprint density at radius 2 is 2.17 bits per heavy atom. The molecule has 0 radical (unpaired) electrons. The summed E-state index contributed by atoms with van der Waals surface area (Å²) in [5, 5.41) is 8.84. The lowest BCUT2D eigenvalue weighted by Crippen LogP contribution is -2.07. The van der Waals surface area contributed by atoms with Gasteiger partial charge in [-0.2, -0.15) is 0 Å². The number of carbonyl (C=O) groups excluding carboxylic acids is 2. The molecule has 1 N–H and O–H groups in total. The van der Waals surface area contributed by atoms with Gasteiger partial charge in [-0.05, 0) is 40.8 Å². The van der Waals surface area contributed by atoms with Crippen molar-refractivity contribution in [1.29, 1.82) is 0 Å². The van der Waals surface area contributed by atoms with Gasteiger partial charge in [0, 0.05) is 18.2 Å². The lowest BCUT2D eigenvalue weighted by atomic mass is 10.1. The van der Waals surface area contributed by atoms with Crippen LogP contribution in [-0.4, -0.2) is 35.0 Å². The number of carbonyl (C=O) groups is 2. The number of benzene rings is 1. The highest BCUT2D eigenvalue weighted by atomic mass is 127. The zero-order valence-corrected chi connectivity index (χ0v) is 12.8. The molecule has 0 atom stereocenters. The van der Waals surface area contributed by atoms with Crippen LogP contribution in [0.3, 0.4) is 0 Å². The molecule has 18 heavy (non-hydrogen) atoms. The second-order valence-electron chi connectivity index (χ2n) is 3.41. The van der Waals surface area contributed by atoms with Crippen LogP contribution >= 0.6 is 34.4 Å². The Balaban J connectivity index is 2.64. The number of aliphatic hydroxyl groups is 1. The first-order valence-corrected chi connectivity index (χ1v) is 7.30. The maximum Gasteiger partial charge on any atom is 0.188 e. The van der Waals surface area contributed by atoms with Crippen molar-refractivity contribution in [2.45, 2.75) is 6.92 Å². The van der Waals surface area contributed by atoms with E-state index in [1.807, 2.05) is 0 Å². The van der Waals surface area contributed by atoms with E-state index in [9.17, 15) is 9.59 Å². The molecule has 4 nitrogen and oxygen atoms in total. The number of hydrogen-bond donors (Lipinski definition) is 1. The van der Waals surface area contributed by atoms with Gasteiger partial charge in [0.15, 0.2) is 10.9 Å². The van der Waals surface area contributed by atoms with Gasteiger partial charge in [-0.1, -0.05) is 11.8 Å². The van der Waals surface area contributed by atoms with Crippen molar-refractivity contribution >= 4 is 45.3 Å². The van der Waals surface area contributed by atoms with Crippen LogP contribution < -0.4 is 4.74 Å².